The molecule has 0 saturated heterocycles. The van der Waals surface area contributed by atoms with Crippen LogP contribution in [0.3, 0.4) is 0 Å². The van der Waals surface area contributed by atoms with Crippen molar-refractivity contribution in [2.24, 2.45) is 5.92 Å². The molecule has 0 radical (unpaired) electrons. The fourth-order valence-corrected chi connectivity index (χ4v) is 3.04. The van der Waals surface area contributed by atoms with Crippen LogP contribution >= 0.6 is 11.3 Å². The number of hydrogen-bond acceptors (Lipinski definition) is 3. The lowest BCUT2D eigenvalue weighted by atomic mass is 10.1. The third-order valence-electron chi connectivity index (χ3n) is 3.46. The van der Waals surface area contributed by atoms with Gasteiger partial charge < -0.3 is 10.0 Å². The quantitative estimate of drug-likeness (QED) is 0.872. The first-order valence-corrected chi connectivity index (χ1v) is 7.52. The van der Waals surface area contributed by atoms with E-state index < -0.39 is 11.9 Å². The predicted octanol–water partition coefficient (Wildman–Crippen LogP) is 2.64. The van der Waals surface area contributed by atoms with Gasteiger partial charge in [-0.15, -0.1) is 11.3 Å². The summed E-state index contributed by atoms with van der Waals surface area (Å²) in [6, 6.07) is 2.21. The maximum absolute atomic E-state index is 12.6. The lowest BCUT2D eigenvalue weighted by Crippen LogP contribution is -2.38. The van der Waals surface area contributed by atoms with Gasteiger partial charge in [0.25, 0.3) is 5.91 Å². The number of nitrogens with zero attached hydrogens (tertiary/aromatic N) is 1. The van der Waals surface area contributed by atoms with E-state index in [2.05, 4.69) is 0 Å². The van der Waals surface area contributed by atoms with Crippen molar-refractivity contribution in [3.05, 3.63) is 21.9 Å². The Hall–Kier alpha value is -1.36. The molecule has 1 amide bonds. The third kappa shape index (κ3) is 3.15. The zero-order valence-electron chi connectivity index (χ0n) is 11.3. The first-order chi connectivity index (χ1) is 9.04. The molecule has 1 aliphatic rings. The van der Waals surface area contributed by atoms with E-state index in [1.807, 2.05) is 18.4 Å². The minimum Gasteiger partial charge on any atom is -0.481 e. The number of carbonyl (C=O) groups excluding carboxylic acids is 1. The molecule has 0 bridgehead atoms. The van der Waals surface area contributed by atoms with Crippen LogP contribution in [0, 0.1) is 5.92 Å². The molecule has 0 spiro atoms. The molecule has 1 aromatic rings. The van der Waals surface area contributed by atoms with Gasteiger partial charge in [-0.1, -0.05) is 13.8 Å². The number of amides is 1. The summed E-state index contributed by atoms with van der Waals surface area (Å²) >= 11 is 1.45. The number of aryl methyl sites for hydroxylation is 1. The van der Waals surface area contributed by atoms with Gasteiger partial charge in [-0.05, 0) is 36.3 Å². The molecule has 0 aromatic carbocycles. The summed E-state index contributed by atoms with van der Waals surface area (Å²) < 4.78 is 0. The van der Waals surface area contributed by atoms with E-state index in [0.717, 1.165) is 29.7 Å². The van der Waals surface area contributed by atoms with Gasteiger partial charge in [0.15, 0.2) is 0 Å². The van der Waals surface area contributed by atoms with Crippen LogP contribution < -0.4 is 0 Å². The van der Waals surface area contributed by atoms with E-state index >= 15 is 0 Å². The van der Waals surface area contributed by atoms with Crippen molar-refractivity contribution in [1.29, 1.82) is 0 Å². The molecule has 5 heteroatoms. The van der Waals surface area contributed by atoms with Gasteiger partial charge in [-0.2, -0.15) is 0 Å². The Balaban J connectivity index is 2.15. The molecule has 1 aliphatic carbocycles. The molecule has 19 heavy (non-hydrogen) atoms. The fourth-order valence-electron chi connectivity index (χ4n) is 2.09. The summed E-state index contributed by atoms with van der Waals surface area (Å²) in [7, 11) is 0. The van der Waals surface area contributed by atoms with Gasteiger partial charge in [0, 0.05) is 12.6 Å². The van der Waals surface area contributed by atoms with Crippen LogP contribution in [0.15, 0.2) is 11.4 Å². The predicted molar refractivity (Wildman–Crippen MR) is 74.6 cm³/mol. The molecular weight excluding hydrogens is 262 g/mol. The highest BCUT2D eigenvalue weighted by molar-refractivity contribution is 7.12. The number of carbonyl (C=O) groups is 2. The van der Waals surface area contributed by atoms with Gasteiger partial charge in [-0.25, -0.2) is 0 Å². The van der Waals surface area contributed by atoms with Crippen LogP contribution in [0.5, 0.6) is 0 Å². The van der Waals surface area contributed by atoms with Crippen LogP contribution in [-0.4, -0.2) is 34.5 Å². The molecular formula is C14H19NO3S. The second kappa shape index (κ2) is 5.74. The lowest BCUT2D eigenvalue weighted by Gasteiger charge is -2.24. The second-order valence-corrected chi connectivity index (χ2v) is 5.97. The summed E-state index contributed by atoms with van der Waals surface area (Å²) in [5.74, 6) is -1.36. The van der Waals surface area contributed by atoms with E-state index in [-0.39, 0.29) is 11.9 Å². The van der Waals surface area contributed by atoms with Gasteiger partial charge in [0.05, 0.1) is 10.8 Å². The monoisotopic (exact) mass is 281 g/mol. The van der Waals surface area contributed by atoms with Gasteiger partial charge in [0.1, 0.15) is 0 Å². The van der Waals surface area contributed by atoms with Crippen LogP contribution in [0.1, 0.15) is 41.9 Å². The third-order valence-corrected chi connectivity index (χ3v) is 4.41. The maximum atomic E-state index is 12.6. The van der Waals surface area contributed by atoms with Crippen molar-refractivity contribution < 1.29 is 14.7 Å². The summed E-state index contributed by atoms with van der Waals surface area (Å²) in [4.78, 5) is 26.1. The zero-order valence-corrected chi connectivity index (χ0v) is 12.1. The highest BCUT2D eigenvalue weighted by Gasteiger charge is 2.35. The Morgan fingerprint density at radius 1 is 1.53 bits per heavy atom. The van der Waals surface area contributed by atoms with E-state index in [1.165, 1.54) is 11.3 Å². The minimum absolute atomic E-state index is 0.00227. The van der Waals surface area contributed by atoms with Crippen molar-refractivity contribution in [3.8, 4) is 0 Å². The largest absolute Gasteiger partial charge is 0.481 e. The molecule has 0 aliphatic heterocycles. The summed E-state index contributed by atoms with van der Waals surface area (Å²) in [6.07, 6.45) is 2.81. The highest BCUT2D eigenvalue weighted by atomic mass is 32.1. The number of thiophene rings is 1. The molecule has 1 saturated carbocycles. The molecule has 1 N–H and O–H groups in total. The number of carboxylic acids is 1. The number of carboxylic acid groups (broad SMARTS) is 1. The molecule has 104 valence electrons. The number of aliphatic carboxylic acids is 1. The Labute approximate surface area is 117 Å². The first-order valence-electron chi connectivity index (χ1n) is 6.64. The molecule has 1 aromatic heterocycles. The Morgan fingerprint density at radius 3 is 2.74 bits per heavy atom. The average molecular weight is 281 g/mol. The standard InChI is InChI=1S/C14H19NO3S/c1-3-10-6-7-19-12(10)13(16)15(11-4-5-11)8-9(2)14(17)18/h6-7,9,11H,3-5,8H2,1-2H3,(H,17,18). The van der Waals surface area contributed by atoms with E-state index in [4.69, 9.17) is 5.11 Å². The summed E-state index contributed by atoms with van der Waals surface area (Å²) in [5, 5.41) is 10.9. The van der Waals surface area contributed by atoms with Crippen LogP contribution in [0.25, 0.3) is 0 Å². The maximum Gasteiger partial charge on any atom is 0.308 e. The molecule has 2 rings (SSSR count). The number of hydrogen-bond donors (Lipinski definition) is 1. The number of rotatable bonds is 6. The minimum atomic E-state index is -0.847. The van der Waals surface area contributed by atoms with Gasteiger partial charge >= 0.3 is 5.97 Å². The Kier molecular flexibility index (Phi) is 4.24. The normalized spacial score (nSPS) is 16.1. The molecule has 4 nitrogen and oxygen atoms in total. The smallest absolute Gasteiger partial charge is 0.308 e. The second-order valence-electron chi connectivity index (χ2n) is 5.06. The summed E-state index contributed by atoms with van der Waals surface area (Å²) in [5.41, 5.74) is 1.06. The lowest BCUT2D eigenvalue weighted by molar-refractivity contribution is -0.141. The first kappa shape index (κ1) is 14.1. The van der Waals surface area contributed by atoms with E-state index in [9.17, 15) is 9.59 Å². The summed E-state index contributed by atoms with van der Waals surface area (Å²) in [6.45, 7) is 3.99. The van der Waals surface area contributed by atoms with Gasteiger partial charge in [0.2, 0.25) is 0 Å². The van der Waals surface area contributed by atoms with E-state index in [0.29, 0.717) is 6.54 Å². The zero-order chi connectivity index (χ0) is 14.0. The molecule has 1 heterocycles. The Bertz CT molecular complexity index is 479. The van der Waals surface area contributed by atoms with Crippen LogP contribution in [-0.2, 0) is 11.2 Å². The average Bonchev–Trinajstić information content (AvgIpc) is 3.11. The molecule has 1 atom stereocenters. The van der Waals surface area contributed by atoms with Crippen molar-refractivity contribution in [1.82, 2.24) is 4.90 Å². The van der Waals surface area contributed by atoms with Crippen molar-refractivity contribution in [2.45, 2.75) is 39.2 Å². The van der Waals surface area contributed by atoms with Crippen molar-refractivity contribution in [3.63, 3.8) is 0 Å². The van der Waals surface area contributed by atoms with Crippen LogP contribution in [0.2, 0.25) is 0 Å². The molecule has 1 fully saturated rings. The van der Waals surface area contributed by atoms with Crippen molar-refractivity contribution in [2.75, 3.05) is 6.54 Å². The van der Waals surface area contributed by atoms with Crippen LogP contribution in [0.4, 0.5) is 0 Å². The Morgan fingerprint density at radius 2 is 2.21 bits per heavy atom. The topological polar surface area (TPSA) is 57.6 Å². The fraction of sp³-hybridized carbons (Fsp3) is 0.571. The SMILES string of the molecule is CCc1ccsc1C(=O)N(CC(C)C(=O)O)C1CC1. The van der Waals surface area contributed by atoms with E-state index in [1.54, 1.807) is 11.8 Å². The van der Waals surface area contributed by atoms with Gasteiger partial charge in [-0.3, -0.25) is 9.59 Å². The van der Waals surface area contributed by atoms with Crippen molar-refractivity contribution >= 4 is 23.2 Å². The molecule has 1 unspecified atom stereocenters. The highest BCUT2D eigenvalue weighted by Crippen LogP contribution is 2.31.